The average Bonchev–Trinajstić information content (AvgIpc) is 3.90. The summed E-state index contributed by atoms with van der Waals surface area (Å²) in [6.45, 7) is 9.29. The van der Waals surface area contributed by atoms with Crippen molar-refractivity contribution in [2.75, 3.05) is 18.5 Å². The highest BCUT2D eigenvalue weighted by atomic mass is 32.2. The molecule has 3 aromatic carbocycles. The number of alkyl halides is 3. The summed E-state index contributed by atoms with van der Waals surface area (Å²) < 4.78 is 81.3. The minimum atomic E-state index is -4.59. The van der Waals surface area contributed by atoms with Crippen molar-refractivity contribution in [2.45, 2.75) is 57.8 Å². The van der Waals surface area contributed by atoms with Crippen molar-refractivity contribution in [3.63, 3.8) is 0 Å². The van der Waals surface area contributed by atoms with Crippen LogP contribution in [0.3, 0.4) is 0 Å². The predicted octanol–water partition coefficient (Wildman–Crippen LogP) is 9.14. The number of hydrogen-bond donors (Lipinski definition) is 0. The second-order valence-corrected chi connectivity index (χ2v) is 14.5. The number of aryl methyl sites for hydroxylation is 1. The number of nitrogens with zero attached hydrogens (tertiary/aromatic N) is 6. The SMILES string of the molecule is CC.COc1ccc(CN(c2ncns2)S(=O)c2ccc3c(-c4ccc(C(F)(F)F)cc4-c4ccnn4C)cn(C(=O)OC(C)(C)C)c3c2)c(OC)c1. The van der Waals surface area contributed by atoms with Crippen LogP contribution in [0.25, 0.3) is 33.3 Å². The highest BCUT2D eigenvalue weighted by molar-refractivity contribution is 7.86. The van der Waals surface area contributed by atoms with Crippen molar-refractivity contribution in [1.29, 1.82) is 0 Å². The van der Waals surface area contributed by atoms with Crippen molar-refractivity contribution < 1.29 is 36.4 Å². The lowest BCUT2D eigenvalue weighted by Crippen LogP contribution is -2.27. The minimum absolute atomic E-state index is 0.116. The van der Waals surface area contributed by atoms with Gasteiger partial charge in [-0.1, -0.05) is 26.0 Å². The fourth-order valence-electron chi connectivity index (χ4n) is 5.54. The number of rotatable bonds is 9. The number of halogens is 3. The quantitative estimate of drug-likeness (QED) is 0.143. The van der Waals surface area contributed by atoms with E-state index in [1.165, 1.54) is 41.1 Å². The van der Waals surface area contributed by atoms with Crippen molar-refractivity contribution in [3.05, 3.63) is 90.5 Å². The third-order valence-electron chi connectivity index (χ3n) is 7.87. The zero-order valence-electron chi connectivity index (χ0n) is 30.4. The molecule has 0 aliphatic heterocycles. The van der Waals surface area contributed by atoms with Crippen LogP contribution in [-0.2, 0) is 35.5 Å². The van der Waals surface area contributed by atoms with Crippen LogP contribution in [0.4, 0.5) is 23.1 Å². The Hall–Kier alpha value is -5.22. The summed E-state index contributed by atoms with van der Waals surface area (Å²) in [5, 5.41) is 5.06. The van der Waals surface area contributed by atoms with Gasteiger partial charge < -0.3 is 14.2 Å². The fraction of sp³-hybridized carbons (Fsp3) is 0.297. The maximum absolute atomic E-state index is 14.4. The second kappa shape index (κ2) is 15.8. The lowest BCUT2D eigenvalue weighted by atomic mass is 9.95. The van der Waals surface area contributed by atoms with Gasteiger partial charge in [0.2, 0.25) is 5.13 Å². The van der Waals surface area contributed by atoms with Crippen LogP contribution in [0.15, 0.2) is 84.3 Å². The van der Waals surface area contributed by atoms with Crippen molar-refractivity contribution in [1.82, 2.24) is 23.7 Å². The molecule has 0 aliphatic rings. The van der Waals surface area contributed by atoms with Gasteiger partial charge in [-0.25, -0.2) is 14.0 Å². The van der Waals surface area contributed by atoms with Gasteiger partial charge in [0.15, 0.2) is 11.0 Å². The van der Waals surface area contributed by atoms with Crippen molar-refractivity contribution >= 4 is 44.6 Å². The van der Waals surface area contributed by atoms with Gasteiger partial charge in [-0.15, -0.1) is 0 Å². The van der Waals surface area contributed by atoms with E-state index in [-0.39, 0.29) is 12.1 Å². The summed E-state index contributed by atoms with van der Waals surface area (Å²) in [4.78, 5) is 18.3. The van der Waals surface area contributed by atoms with E-state index >= 15 is 0 Å². The van der Waals surface area contributed by atoms with Crippen LogP contribution in [0.1, 0.15) is 45.7 Å². The summed E-state index contributed by atoms with van der Waals surface area (Å²) >= 11 is 1.06. The Morgan fingerprint density at radius 1 is 0.943 bits per heavy atom. The third kappa shape index (κ3) is 8.38. The molecule has 0 aliphatic carbocycles. The monoisotopic (exact) mass is 768 g/mol. The van der Waals surface area contributed by atoms with E-state index in [4.69, 9.17) is 14.2 Å². The normalized spacial score (nSPS) is 12.2. The standard InChI is InChI=1S/C35H33F3N6O5S2.C2H6/c1-34(2,3)49-33(45)43-19-28(25-11-8-22(35(36,37)38)15-27(25)29-13-14-40-42(29)4)26-12-10-24(17-30(26)43)51(46)44(32-39-20-41-50-32)18-21-7-9-23(47-5)16-31(21)48-6;1-2/h7-17,19-20H,18H2,1-6H3;1-2H3. The lowest BCUT2D eigenvalue weighted by Gasteiger charge is -2.22. The molecule has 6 rings (SSSR count). The lowest BCUT2D eigenvalue weighted by molar-refractivity contribution is -0.137. The van der Waals surface area contributed by atoms with Crippen LogP contribution < -0.4 is 13.8 Å². The van der Waals surface area contributed by atoms with E-state index in [1.54, 1.807) is 81.7 Å². The van der Waals surface area contributed by atoms with E-state index in [0.29, 0.717) is 54.8 Å². The van der Waals surface area contributed by atoms with Crippen molar-refractivity contribution in [2.24, 2.45) is 7.05 Å². The van der Waals surface area contributed by atoms with Gasteiger partial charge in [-0.05, 0) is 68.8 Å². The first kappa shape index (κ1) is 39.0. The predicted molar refractivity (Wildman–Crippen MR) is 200 cm³/mol. The Morgan fingerprint density at radius 2 is 1.70 bits per heavy atom. The summed E-state index contributed by atoms with van der Waals surface area (Å²) in [5.41, 5.74) is 0.921. The molecule has 0 N–H and O–H groups in total. The Kier molecular flexibility index (Phi) is 11.6. The van der Waals surface area contributed by atoms with E-state index in [0.717, 1.165) is 23.7 Å². The summed E-state index contributed by atoms with van der Waals surface area (Å²) in [7, 11) is 2.81. The van der Waals surface area contributed by atoms with E-state index < -0.39 is 34.4 Å². The Morgan fingerprint density at radius 3 is 2.30 bits per heavy atom. The minimum Gasteiger partial charge on any atom is -0.497 e. The second-order valence-electron chi connectivity index (χ2n) is 12.4. The maximum atomic E-state index is 14.4. The Bertz CT molecular complexity index is 2240. The van der Waals surface area contributed by atoms with Crippen LogP contribution in [0.5, 0.6) is 11.5 Å². The van der Waals surface area contributed by atoms with Gasteiger partial charge in [0.25, 0.3) is 0 Å². The summed E-state index contributed by atoms with van der Waals surface area (Å²) in [5.74, 6) is 1.10. The third-order valence-corrected chi connectivity index (χ3v) is 10.0. The number of carbonyl (C=O) groups excluding carboxylic acids is 1. The topological polar surface area (TPSA) is 114 Å². The highest BCUT2D eigenvalue weighted by Gasteiger charge is 2.32. The molecule has 11 nitrogen and oxygen atoms in total. The summed E-state index contributed by atoms with van der Waals surface area (Å²) in [6.07, 6.45) is -0.930. The molecule has 6 aromatic rings. The van der Waals surface area contributed by atoms with Gasteiger partial charge in [0.05, 0.1) is 42.4 Å². The number of anilines is 1. The number of aromatic nitrogens is 5. The number of methoxy groups -OCH3 is 2. The van der Waals surface area contributed by atoms with Gasteiger partial charge in [-0.2, -0.15) is 22.6 Å². The zero-order valence-corrected chi connectivity index (χ0v) is 32.0. The molecule has 16 heteroatoms. The van der Waals surface area contributed by atoms with Gasteiger partial charge >= 0.3 is 12.3 Å². The molecule has 0 bridgehead atoms. The zero-order chi connectivity index (χ0) is 38.7. The molecule has 0 saturated carbocycles. The number of hydrogen-bond acceptors (Lipinski definition) is 9. The summed E-state index contributed by atoms with van der Waals surface area (Å²) in [6, 6.07) is 15.3. The molecular formula is C37H39F3N6O5S2. The van der Waals surface area contributed by atoms with Crippen molar-refractivity contribution in [3.8, 4) is 33.9 Å². The van der Waals surface area contributed by atoms with Crippen LogP contribution in [0.2, 0.25) is 0 Å². The largest absolute Gasteiger partial charge is 0.497 e. The van der Waals surface area contributed by atoms with Crippen LogP contribution in [0, 0.1) is 0 Å². The molecule has 1 atom stereocenters. The fourth-order valence-corrected chi connectivity index (χ4v) is 7.37. The molecule has 0 fully saturated rings. The molecule has 3 aromatic heterocycles. The van der Waals surface area contributed by atoms with E-state index in [9.17, 15) is 22.2 Å². The molecule has 0 spiro atoms. The average molecular weight is 769 g/mol. The van der Waals surface area contributed by atoms with Gasteiger partial charge in [0.1, 0.15) is 23.4 Å². The van der Waals surface area contributed by atoms with E-state index in [1.807, 2.05) is 13.8 Å². The van der Waals surface area contributed by atoms with Gasteiger partial charge in [0, 0.05) is 59.1 Å². The molecule has 3 heterocycles. The highest BCUT2D eigenvalue weighted by Crippen LogP contribution is 2.42. The number of benzene rings is 3. The molecule has 0 saturated heterocycles. The van der Waals surface area contributed by atoms with Crippen LogP contribution >= 0.6 is 11.5 Å². The number of fused-ring (bicyclic) bond motifs is 1. The molecule has 0 amide bonds. The molecule has 53 heavy (non-hydrogen) atoms. The molecule has 1 unspecified atom stereocenters. The first-order chi connectivity index (χ1) is 25.2. The molecule has 0 radical (unpaired) electrons. The number of ether oxygens (including phenoxy) is 3. The number of carbonyl (C=O) groups is 1. The van der Waals surface area contributed by atoms with Crippen LogP contribution in [-0.4, -0.2) is 53.8 Å². The van der Waals surface area contributed by atoms with Gasteiger partial charge in [-0.3, -0.25) is 13.6 Å². The smallest absolute Gasteiger partial charge is 0.419 e. The van der Waals surface area contributed by atoms with E-state index in [2.05, 4.69) is 14.5 Å². The Balaban J connectivity index is 0.00000266. The maximum Gasteiger partial charge on any atom is 0.419 e. The molecular weight excluding hydrogens is 730 g/mol. The molecule has 280 valence electrons. The first-order valence-corrected chi connectivity index (χ1v) is 18.3. The first-order valence-electron chi connectivity index (χ1n) is 16.4. The Labute approximate surface area is 311 Å².